The maximum atomic E-state index is 10.7. The van der Waals surface area contributed by atoms with Crippen LogP contribution in [0.1, 0.15) is 6.42 Å². The smallest absolute Gasteiger partial charge is 0.178 e. The van der Waals surface area contributed by atoms with Gasteiger partial charge < -0.3 is 0 Å². The Kier molecular flexibility index (Phi) is 2.46. The van der Waals surface area contributed by atoms with Crippen LogP contribution in [0.2, 0.25) is 0 Å². The van der Waals surface area contributed by atoms with Gasteiger partial charge in [-0.15, -0.1) is 0 Å². The molecule has 2 heteroatoms. The third kappa shape index (κ3) is 2.19. The van der Waals surface area contributed by atoms with Gasteiger partial charge in [0.25, 0.3) is 0 Å². The van der Waals surface area contributed by atoms with Gasteiger partial charge in [-0.2, -0.15) is 0 Å². The van der Waals surface area contributed by atoms with Crippen molar-refractivity contribution in [2.75, 3.05) is 0 Å². The lowest BCUT2D eigenvalue weighted by Gasteiger charge is -1.92. The number of carbonyl (C=O) groups excluding carboxylic acids is 1. The summed E-state index contributed by atoms with van der Waals surface area (Å²) in [7, 11) is 0. The molecule has 0 spiro atoms. The standard InChI is InChI=1S/C8H7ClO/c9-7-3-1-5-8(10)6-2-4-7/h1-3,5-6H,4H2/b5-1-,6-2-,7-3+. The van der Waals surface area contributed by atoms with E-state index < -0.39 is 0 Å². The van der Waals surface area contributed by atoms with E-state index in [1.807, 2.05) is 0 Å². The molecule has 0 N–H and O–H groups in total. The topological polar surface area (TPSA) is 17.1 Å². The third-order valence-electron chi connectivity index (χ3n) is 1.13. The zero-order valence-corrected chi connectivity index (χ0v) is 6.14. The second kappa shape index (κ2) is 3.37. The van der Waals surface area contributed by atoms with Gasteiger partial charge in [-0.1, -0.05) is 23.8 Å². The molecule has 0 aromatic carbocycles. The molecular formula is C8H7ClO. The number of rotatable bonds is 0. The van der Waals surface area contributed by atoms with Crippen LogP contribution in [0.5, 0.6) is 0 Å². The van der Waals surface area contributed by atoms with Gasteiger partial charge in [-0.05, 0) is 18.2 Å². The Balaban J connectivity index is 2.80. The molecule has 0 atom stereocenters. The van der Waals surface area contributed by atoms with E-state index in [1.165, 1.54) is 12.2 Å². The van der Waals surface area contributed by atoms with Crippen molar-refractivity contribution in [2.45, 2.75) is 6.42 Å². The predicted molar refractivity (Wildman–Crippen MR) is 41.8 cm³/mol. The third-order valence-corrected chi connectivity index (χ3v) is 1.41. The molecule has 52 valence electrons. The van der Waals surface area contributed by atoms with Crippen LogP contribution in [0, 0.1) is 0 Å². The Labute approximate surface area is 64.7 Å². The minimum atomic E-state index is 0.0143. The molecule has 0 saturated carbocycles. The van der Waals surface area contributed by atoms with E-state index >= 15 is 0 Å². The molecule has 0 radical (unpaired) electrons. The van der Waals surface area contributed by atoms with Gasteiger partial charge in [0.2, 0.25) is 0 Å². The molecule has 1 rings (SSSR count). The second-order valence-electron chi connectivity index (χ2n) is 1.98. The van der Waals surface area contributed by atoms with E-state index in [0.29, 0.717) is 6.42 Å². The van der Waals surface area contributed by atoms with E-state index in [4.69, 9.17) is 11.6 Å². The van der Waals surface area contributed by atoms with Crippen LogP contribution >= 0.6 is 11.6 Å². The van der Waals surface area contributed by atoms with E-state index in [9.17, 15) is 4.79 Å². The average molecular weight is 155 g/mol. The number of carbonyl (C=O) groups is 1. The summed E-state index contributed by atoms with van der Waals surface area (Å²) in [5, 5.41) is 0.750. The predicted octanol–water partition coefficient (Wildman–Crippen LogP) is 2.19. The van der Waals surface area contributed by atoms with Crippen LogP contribution in [-0.4, -0.2) is 5.78 Å². The Hall–Kier alpha value is -0.820. The molecule has 0 saturated heterocycles. The first-order valence-electron chi connectivity index (χ1n) is 3.02. The summed E-state index contributed by atoms with van der Waals surface area (Å²) in [6.07, 6.45) is 8.79. The summed E-state index contributed by atoms with van der Waals surface area (Å²) in [4.78, 5) is 10.7. The normalized spacial score (nSPS) is 29.7. The Bertz CT molecular complexity index is 223. The summed E-state index contributed by atoms with van der Waals surface area (Å²) in [5.74, 6) is 0.0143. The number of hydrogen-bond donors (Lipinski definition) is 0. The average Bonchev–Trinajstić information content (AvgIpc) is 1.84. The SMILES string of the molecule is O=C1/C=C\C=C(\Cl)C/C=C\1. The van der Waals surface area contributed by atoms with Crippen LogP contribution in [-0.2, 0) is 4.79 Å². The van der Waals surface area contributed by atoms with Gasteiger partial charge in [0, 0.05) is 11.5 Å². The lowest BCUT2D eigenvalue weighted by Crippen LogP contribution is -1.86. The number of hydrogen-bond acceptors (Lipinski definition) is 1. The maximum Gasteiger partial charge on any atom is 0.178 e. The Morgan fingerprint density at radius 2 is 2.20 bits per heavy atom. The molecular weight excluding hydrogens is 148 g/mol. The fourth-order valence-electron chi connectivity index (χ4n) is 0.659. The summed E-state index contributed by atoms with van der Waals surface area (Å²) in [6.45, 7) is 0. The fraction of sp³-hybridized carbons (Fsp3) is 0.125. The van der Waals surface area contributed by atoms with Crippen molar-refractivity contribution >= 4 is 17.4 Å². The molecule has 10 heavy (non-hydrogen) atoms. The molecule has 0 amide bonds. The van der Waals surface area contributed by atoms with Crippen molar-refractivity contribution in [3.05, 3.63) is 35.4 Å². The summed E-state index contributed by atoms with van der Waals surface area (Å²) in [6, 6.07) is 0. The highest BCUT2D eigenvalue weighted by Crippen LogP contribution is 2.09. The quantitative estimate of drug-likeness (QED) is 0.523. The summed E-state index contributed by atoms with van der Waals surface area (Å²) in [5.41, 5.74) is 0. The van der Waals surface area contributed by atoms with Crippen LogP contribution < -0.4 is 0 Å². The molecule has 1 nitrogen and oxygen atoms in total. The molecule has 0 unspecified atom stereocenters. The molecule has 0 heterocycles. The van der Waals surface area contributed by atoms with Gasteiger partial charge in [0.15, 0.2) is 5.78 Å². The Morgan fingerprint density at radius 1 is 1.40 bits per heavy atom. The number of ketones is 1. The monoisotopic (exact) mass is 154 g/mol. The van der Waals surface area contributed by atoms with Crippen molar-refractivity contribution in [1.29, 1.82) is 0 Å². The highest BCUT2D eigenvalue weighted by atomic mass is 35.5. The van der Waals surface area contributed by atoms with Crippen LogP contribution in [0.15, 0.2) is 35.4 Å². The molecule has 0 bridgehead atoms. The second-order valence-corrected chi connectivity index (χ2v) is 2.47. The number of allylic oxidation sites excluding steroid dienone is 6. The van der Waals surface area contributed by atoms with E-state index in [1.54, 1.807) is 18.2 Å². The first kappa shape index (κ1) is 7.29. The Morgan fingerprint density at radius 3 is 3.00 bits per heavy atom. The maximum absolute atomic E-state index is 10.7. The zero-order chi connectivity index (χ0) is 7.40. The van der Waals surface area contributed by atoms with Crippen molar-refractivity contribution in [1.82, 2.24) is 0 Å². The van der Waals surface area contributed by atoms with Crippen LogP contribution in [0.25, 0.3) is 0 Å². The van der Waals surface area contributed by atoms with Crippen LogP contribution in [0.3, 0.4) is 0 Å². The van der Waals surface area contributed by atoms with Crippen LogP contribution in [0.4, 0.5) is 0 Å². The lowest BCUT2D eigenvalue weighted by atomic mass is 10.2. The van der Waals surface area contributed by atoms with Gasteiger partial charge >= 0.3 is 0 Å². The van der Waals surface area contributed by atoms with E-state index in [0.717, 1.165) is 5.03 Å². The van der Waals surface area contributed by atoms with Gasteiger partial charge in [0.1, 0.15) is 0 Å². The molecule has 0 aromatic heterocycles. The van der Waals surface area contributed by atoms with E-state index in [-0.39, 0.29) is 5.78 Å². The highest BCUT2D eigenvalue weighted by Gasteiger charge is 1.92. The van der Waals surface area contributed by atoms with Crippen molar-refractivity contribution in [3.63, 3.8) is 0 Å². The first-order valence-corrected chi connectivity index (χ1v) is 3.40. The van der Waals surface area contributed by atoms with Crippen molar-refractivity contribution < 1.29 is 4.79 Å². The zero-order valence-electron chi connectivity index (χ0n) is 5.38. The summed E-state index contributed by atoms with van der Waals surface area (Å²) >= 11 is 5.69. The van der Waals surface area contributed by atoms with Gasteiger partial charge in [-0.25, -0.2) is 0 Å². The minimum absolute atomic E-state index is 0.0143. The fourth-order valence-corrected chi connectivity index (χ4v) is 0.820. The van der Waals surface area contributed by atoms with Gasteiger partial charge in [-0.3, -0.25) is 4.79 Å². The van der Waals surface area contributed by atoms with Crippen molar-refractivity contribution in [3.8, 4) is 0 Å². The van der Waals surface area contributed by atoms with Crippen molar-refractivity contribution in [2.24, 2.45) is 0 Å². The molecule has 1 aliphatic carbocycles. The van der Waals surface area contributed by atoms with E-state index in [2.05, 4.69) is 0 Å². The van der Waals surface area contributed by atoms with Gasteiger partial charge in [0.05, 0.1) is 0 Å². The first-order chi connectivity index (χ1) is 4.79. The largest absolute Gasteiger partial charge is 0.290 e. The minimum Gasteiger partial charge on any atom is -0.290 e. The molecule has 1 aliphatic rings. The number of halogens is 1. The molecule has 0 aromatic rings. The summed E-state index contributed by atoms with van der Waals surface area (Å²) < 4.78 is 0. The highest BCUT2D eigenvalue weighted by molar-refractivity contribution is 6.29. The molecule has 0 fully saturated rings. The lowest BCUT2D eigenvalue weighted by molar-refractivity contribution is -0.110. The molecule has 0 aliphatic heterocycles.